The fourth-order valence-electron chi connectivity index (χ4n) is 1.44. The predicted molar refractivity (Wildman–Crippen MR) is 75.1 cm³/mol. The second-order valence-corrected chi connectivity index (χ2v) is 4.80. The summed E-state index contributed by atoms with van der Waals surface area (Å²) in [5.41, 5.74) is 0.740. The van der Waals surface area contributed by atoms with Crippen LogP contribution in [0, 0.1) is 12.7 Å². The first-order valence-electron chi connectivity index (χ1n) is 5.80. The van der Waals surface area contributed by atoms with Gasteiger partial charge in [-0.2, -0.15) is 4.98 Å². The first kappa shape index (κ1) is 13.7. The van der Waals surface area contributed by atoms with Gasteiger partial charge >= 0.3 is 0 Å². The highest BCUT2D eigenvalue weighted by Gasteiger charge is 2.10. The van der Waals surface area contributed by atoms with Gasteiger partial charge in [-0.15, -0.1) is 0 Å². The third-order valence-corrected chi connectivity index (χ3v) is 2.85. The van der Waals surface area contributed by atoms with Crippen LogP contribution in [0.3, 0.4) is 0 Å². The van der Waals surface area contributed by atoms with E-state index in [0.717, 1.165) is 5.56 Å². The van der Waals surface area contributed by atoms with Gasteiger partial charge in [-0.25, -0.2) is 9.37 Å². The van der Waals surface area contributed by atoms with Crippen molar-refractivity contribution in [2.75, 3.05) is 11.9 Å². The lowest BCUT2D eigenvalue weighted by Crippen LogP contribution is -2.04. The van der Waals surface area contributed by atoms with Crippen molar-refractivity contribution in [2.24, 2.45) is 0 Å². The maximum atomic E-state index is 13.7. The van der Waals surface area contributed by atoms with Crippen LogP contribution in [0.25, 0.3) is 0 Å². The van der Waals surface area contributed by atoms with Crippen molar-refractivity contribution in [2.45, 2.75) is 13.8 Å². The van der Waals surface area contributed by atoms with Crippen molar-refractivity contribution >= 4 is 21.9 Å². The van der Waals surface area contributed by atoms with E-state index in [1.54, 1.807) is 18.3 Å². The zero-order valence-corrected chi connectivity index (χ0v) is 12.2. The third kappa shape index (κ3) is 3.41. The summed E-state index contributed by atoms with van der Waals surface area (Å²) in [7, 11) is 0. The number of nitrogens with zero attached hydrogens (tertiary/aromatic N) is 2. The van der Waals surface area contributed by atoms with Crippen LogP contribution in [0.2, 0.25) is 0 Å². The van der Waals surface area contributed by atoms with Crippen LogP contribution in [-0.2, 0) is 0 Å². The number of hydrogen-bond acceptors (Lipinski definition) is 4. The van der Waals surface area contributed by atoms with Crippen molar-refractivity contribution in [1.82, 2.24) is 9.97 Å². The van der Waals surface area contributed by atoms with Crippen molar-refractivity contribution < 1.29 is 9.13 Å². The van der Waals surface area contributed by atoms with E-state index in [2.05, 4.69) is 31.2 Å². The number of aromatic nitrogens is 2. The summed E-state index contributed by atoms with van der Waals surface area (Å²) in [5, 5.41) is 2.98. The Morgan fingerprint density at radius 3 is 2.89 bits per heavy atom. The molecule has 1 N–H and O–H groups in total. The minimum Gasteiger partial charge on any atom is -0.435 e. The molecule has 0 unspecified atom stereocenters. The first-order chi connectivity index (χ1) is 9.10. The predicted octanol–water partition coefficient (Wildman–Crippen LogP) is 3.91. The molecule has 6 heteroatoms. The molecule has 0 atom stereocenters. The topological polar surface area (TPSA) is 47.0 Å². The van der Waals surface area contributed by atoms with Crippen molar-refractivity contribution in [3.05, 3.63) is 40.2 Å². The summed E-state index contributed by atoms with van der Waals surface area (Å²) in [4.78, 5) is 8.30. The Bertz CT molecular complexity index is 592. The molecule has 4 nitrogen and oxygen atoms in total. The van der Waals surface area contributed by atoms with Gasteiger partial charge in [0.25, 0.3) is 0 Å². The van der Waals surface area contributed by atoms with Gasteiger partial charge < -0.3 is 10.1 Å². The standard InChI is InChI=1S/C13H13BrFN3O/c1-3-16-13-17-7-8(2)12(18-13)19-11-5-4-9(14)6-10(11)15/h4-7H,3H2,1-2H3,(H,16,17,18). The first-order valence-corrected chi connectivity index (χ1v) is 6.60. The summed E-state index contributed by atoms with van der Waals surface area (Å²) in [6, 6.07) is 4.60. The van der Waals surface area contributed by atoms with Crippen molar-refractivity contribution in [1.29, 1.82) is 0 Å². The molecule has 0 bridgehead atoms. The normalized spacial score (nSPS) is 10.3. The molecule has 2 rings (SSSR count). The maximum Gasteiger partial charge on any atom is 0.227 e. The van der Waals surface area contributed by atoms with Gasteiger partial charge in [0.15, 0.2) is 11.6 Å². The molecule has 0 amide bonds. The molecule has 1 heterocycles. The average Bonchev–Trinajstić information content (AvgIpc) is 2.37. The third-order valence-electron chi connectivity index (χ3n) is 2.36. The van der Waals surface area contributed by atoms with Crippen LogP contribution in [0.4, 0.5) is 10.3 Å². The Morgan fingerprint density at radius 1 is 1.42 bits per heavy atom. The quantitative estimate of drug-likeness (QED) is 0.925. The lowest BCUT2D eigenvalue weighted by molar-refractivity contribution is 0.424. The van der Waals surface area contributed by atoms with Gasteiger partial charge in [0.1, 0.15) is 0 Å². The number of halogens is 2. The lowest BCUT2D eigenvalue weighted by Gasteiger charge is -2.10. The highest BCUT2D eigenvalue weighted by Crippen LogP contribution is 2.27. The molecule has 0 aliphatic heterocycles. The molecule has 0 spiro atoms. The van der Waals surface area contributed by atoms with E-state index in [4.69, 9.17) is 4.74 Å². The van der Waals surface area contributed by atoms with E-state index in [1.165, 1.54) is 6.07 Å². The monoisotopic (exact) mass is 325 g/mol. The lowest BCUT2D eigenvalue weighted by atomic mass is 10.3. The Kier molecular flexibility index (Phi) is 4.31. The number of benzene rings is 1. The van der Waals surface area contributed by atoms with Crippen LogP contribution >= 0.6 is 15.9 Å². The Balaban J connectivity index is 2.29. The largest absolute Gasteiger partial charge is 0.435 e. The van der Waals surface area contributed by atoms with Gasteiger partial charge in [-0.05, 0) is 32.0 Å². The summed E-state index contributed by atoms with van der Waals surface area (Å²) in [6.45, 7) is 4.45. The van der Waals surface area contributed by atoms with Gasteiger partial charge in [0.05, 0.1) is 0 Å². The fraction of sp³-hybridized carbons (Fsp3) is 0.231. The number of nitrogens with one attached hydrogen (secondary N) is 1. The minimum absolute atomic E-state index is 0.132. The van der Waals surface area contributed by atoms with Crippen LogP contribution in [-0.4, -0.2) is 16.5 Å². The molecule has 1 aromatic heterocycles. The SMILES string of the molecule is CCNc1ncc(C)c(Oc2ccc(Br)cc2F)n1. The minimum atomic E-state index is -0.447. The average molecular weight is 326 g/mol. The molecule has 0 aliphatic carbocycles. The number of hydrogen-bond donors (Lipinski definition) is 1. The molecule has 0 radical (unpaired) electrons. The molecule has 0 aliphatic rings. The van der Waals surface area contributed by atoms with E-state index in [-0.39, 0.29) is 5.75 Å². The second kappa shape index (κ2) is 5.97. The second-order valence-electron chi connectivity index (χ2n) is 3.89. The highest BCUT2D eigenvalue weighted by atomic mass is 79.9. The summed E-state index contributed by atoms with van der Waals surface area (Å²) in [6.07, 6.45) is 1.64. The molecule has 0 saturated carbocycles. The van der Waals surface area contributed by atoms with Crippen LogP contribution in [0.5, 0.6) is 11.6 Å². The number of aryl methyl sites for hydroxylation is 1. The molecule has 0 fully saturated rings. The molecule has 19 heavy (non-hydrogen) atoms. The molecule has 100 valence electrons. The Hall–Kier alpha value is -1.69. The zero-order chi connectivity index (χ0) is 13.8. The molecule has 2 aromatic rings. The molecular weight excluding hydrogens is 313 g/mol. The van der Waals surface area contributed by atoms with Crippen molar-refractivity contribution in [3.8, 4) is 11.6 Å². The molecular formula is C13H13BrFN3O. The van der Waals surface area contributed by atoms with Crippen molar-refractivity contribution in [3.63, 3.8) is 0 Å². The van der Waals surface area contributed by atoms with Gasteiger partial charge in [0, 0.05) is 22.8 Å². The van der Waals surface area contributed by atoms with Crippen LogP contribution in [0.1, 0.15) is 12.5 Å². The van der Waals surface area contributed by atoms with E-state index in [1.807, 2.05) is 13.8 Å². The number of ether oxygens (including phenoxy) is 1. The van der Waals surface area contributed by atoms with Gasteiger partial charge in [-0.1, -0.05) is 15.9 Å². The smallest absolute Gasteiger partial charge is 0.227 e. The maximum absolute atomic E-state index is 13.7. The van der Waals surface area contributed by atoms with Crippen LogP contribution < -0.4 is 10.1 Å². The summed E-state index contributed by atoms with van der Waals surface area (Å²) < 4.78 is 19.9. The van der Waals surface area contributed by atoms with Crippen LogP contribution in [0.15, 0.2) is 28.9 Å². The van der Waals surface area contributed by atoms with Gasteiger partial charge in [0.2, 0.25) is 11.8 Å². The van der Waals surface area contributed by atoms with E-state index < -0.39 is 5.82 Å². The summed E-state index contributed by atoms with van der Waals surface area (Å²) in [5.74, 6) is 0.484. The zero-order valence-electron chi connectivity index (χ0n) is 10.6. The number of anilines is 1. The fourth-order valence-corrected chi connectivity index (χ4v) is 1.77. The Labute approximate surface area is 119 Å². The number of rotatable bonds is 4. The highest BCUT2D eigenvalue weighted by molar-refractivity contribution is 9.10. The van der Waals surface area contributed by atoms with E-state index >= 15 is 0 Å². The van der Waals surface area contributed by atoms with E-state index in [9.17, 15) is 4.39 Å². The summed E-state index contributed by atoms with van der Waals surface area (Å²) >= 11 is 3.20. The van der Waals surface area contributed by atoms with Gasteiger partial charge in [-0.3, -0.25) is 0 Å². The van der Waals surface area contributed by atoms with E-state index in [0.29, 0.717) is 22.8 Å². The molecule has 0 saturated heterocycles. The molecule has 1 aromatic carbocycles. The Morgan fingerprint density at radius 2 is 2.21 bits per heavy atom.